The van der Waals surface area contributed by atoms with Crippen LogP contribution in [0.2, 0.25) is 0 Å². The summed E-state index contributed by atoms with van der Waals surface area (Å²) in [4.78, 5) is 25.1. The van der Waals surface area contributed by atoms with Crippen LogP contribution in [0, 0.1) is 0 Å². The van der Waals surface area contributed by atoms with Crippen LogP contribution in [0.5, 0.6) is 0 Å². The standard InChI is InChI=1S/C15H18BrNO3/c1-2-8-17(10-13(18)19)14(20)15(6-7-15)11-4-3-5-12(16)9-11/h3-5,9H,2,6-8,10H2,1H3,(H,18,19). The summed E-state index contributed by atoms with van der Waals surface area (Å²) in [6.07, 6.45) is 2.35. The van der Waals surface area contributed by atoms with Crippen molar-refractivity contribution in [3.63, 3.8) is 0 Å². The van der Waals surface area contributed by atoms with E-state index in [1.165, 1.54) is 4.90 Å². The van der Waals surface area contributed by atoms with Gasteiger partial charge < -0.3 is 10.0 Å². The lowest BCUT2D eigenvalue weighted by Crippen LogP contribution is -2.42. The zero-order valence-electron chi connectivity index (χ0n) is 11.4. The van der Waals surface area contributed by atoms with Crippen molar-refractivity contribution in [3.8, 4) is 0 Å². The topological polar surface area (TPSA) is 57.6 Å². The molecule has 0 radical (unpaired) electrons. The Bertz CT molecular complexity index is 526. The van der Waals surface area contributed by atoms with Gasteiger partial charge in [-0.05, 0) is 37.0 Å². The average Bonchev–Trinajstić information content (AvgIpc) is 3.18. The molecule has 0 saturated heterocycles. The first-order valence-corrected chi connectivity index (χ1v) is 7.56. The molecule has 0 heterocycles. The summed E-state index contributed by atoms with van der Waals surface area (Å²) in [6.45, 7) is 2.21. The van der Waals surface area contributed by atoms with E-state index in [1.54, 1.807) is 0 Å². The normalized spacial score (nSPS) is 15.7. The summed E-state index contributed by atoms with van der Waals surface area (Å²) in [5.74, 6) is -1.02. The van der Waals surface area contributed by atoms with E-state index in [-0.39, 0.29) is 12.5 Å². The van der Waals surface area contributed by atoms with Crippen molar-refractivity contribution >= 4 is 27.8 Å². The maximum atomic E-state index is 12.7. The van der Waals surface area contributed by atoms with Gasteiger partial charge >= 0.3 is 5.97 Å². The predicted molar refractivity (Wildman–Crippen MR) is 79.6 cm³/mol. The Morgan fingerprint density at radius 3 is 2.60 bits per heavy atom. The Labute approximate surface area is 126 Å². The van der Waals surface area contributed by atoms with Crippen LogP contribution in [0.25, 0.3) is 0 Å². The fourth-order valence-electron chi connectivity index (χ4n) is 2.53. The van der Waals surface area contributed by atoms with Gasteiger partial charge in [-0.25, -0.2) is 0 Å². The molecule has 4 nitrogen and oxygen atoms in total. The van der Waals surface area contributed by atoms with E-state index in [9.17, 15) is 9.59 Å². The van der Waals surface area contributed by atoms with E-state index in [0.29, 0.717) is 6.54 Å². The molecule has 1 N–H and O–H groups in total. The first-order valence-electron chi connectivity index (χ1n) is 6.77. The van der Waals surface area contributed by atoms with Crippen LogP contribution in [0.15, 0.2) is 28.7 Å². The fourth-order valence-corrected chi connectivity index (χ4v) is 2.92. The quantitative estimate of drug-likeness (QED) is 0.866. The Kier molecular flexibility index (Phi) is 4.48. The van der Waals surface area contributed by atoms with Gasteiger partial charge in [-0.3, -0.25) is 9.59 Å². The average molecular weight is 340 g/mol. The van der Waals surface area contributed by atoms with Crippen LogP contribution >= 0.6 is 15.9 Å². The summed E-state index contributed by atoms with van der Waals surface area (Å²) in [5, 5.41) is 8.96. The second-order valence-corrected chi connectivity index (χ2v) is 6.13. The molecule has 20 heavy (non-hydrogen) atoms. The summed E-state index contributed by atoms with van der Waals surface area (Å²) in [6, 6.07) is 7.73. The number of nitrogens with zero attached hydrogens (tertiary/aromatic N) is 1. The lowest BCUT2D eigenvalue weighted by atomic mass is 9.94. The maximum Gasteiger partial charge on any atom is 0.323 e. The van der Waals surface area contributed by atoms with Crippen molar-refractivity contribution in [2.45, 2.75) is 31.6 Å². The smallest absolute Gasteiger partial charge is 0.323 e. The molecule has 0 aliphatic heterocycles. The molecule has 1 saturated carbocycles. The number of rotatable bonds is 6. The molecule has 1 aromatic rings. The first kappa shape index (κ1) is 15.0. The van der Waals surface area contributed by atoms with Crippen LogP contribution in [-0.2, 0) is 15.0 Å². The number of benzene rings is 1. The SMILES string of the molecule is CCCN(CC(=O)O)C(=O)C1(c2cccc(Br)c2)CC1. The molecular weight excluding hydrogens is 322 g/mol. The van der Waals surface area contributed by atoms with Crippen molar-refractivity contribution in [2.24, 2.45) is 0 Å². The number of aliphatic carboxylic acids is 1. The molecule has 1 aromatic carbocycles. The molecular formula is C15H18BrNO3. The third-order valence-corrected chi connectivity index (χ3v) is 4.14. The largest absolute Gasteiger partial charge is 0.480 e. The number of carbonyl (C=O) groups excluding carboxylic acids is 1. The van der Waals surface area contributed by atoms with E-state index < -0.39 is 11.4 Å². The molecule has 0 atom stereocenters. The van der Waals surface area contributed by atoms with E-state index in [4.69, 9.17) is 5.11 Å². The molecule has 1 aliphatic carbocycles. The van der Waals surface area contributed by atoms with Crippen molar-refractivity contribution < 1.29 is 14.7 Å². The van der Waals surface area contributed by atoms with Crippen molar-refractivity contribution in [3.05, 3.63) is 34.3 Å². The summed E-state index contributed by atoms with van der Waals surface area (Å²) in [7, 11) is 0. The van der Waals surface area contributed by atoms with Crippen molar-refractivity contribution in [2.75, 3.05) is 13.1 Å². The third-order valence-electron chi connectivity index (χ3n) is 3.64. The Balaban J connectivity index is 2.24. The number of hydrogen-bond donors (Lipinski definition) is 1. The molecule has 2 rings (SSSR count). The Morgan fingerprint density at radius 2 is 2.10 bits per heavy atom. The van der Waals surface area contributed by atoms with E-state index >= 15 is 0 Å². The number of amides is 1. The number of halogens is 1. The van der Waals surface area contributed by atoms with Gasteiger partial charge in [-0.2, -0.15) is 0 Å². The second kappa shape index (κ2) is 5.95. The molecule has 5 heteroatoms. The molecule has 108 valence electrons. The van der Waals surface area contributed by atoms with Crippen molar-refractivity contribution in [1.82, 2.24) is 4.90 Å². The number of carbonyl (C=O) groups is 2. The maximum absolute atomic E-state index is 12.7. The van der Waals surface area contributed by atoms with Crippen LogP contribution in [0.4, 0.5) is 0 Å². The third kappa shape index (κ3) is 3.03. The Morgan fingerprint density at radius 1 is 1.40 bits per heavy atom. The lowest BCUT2D eigenvalue weighted by molar-refractivity contribution is -0.145. The van der Waals surface area contributed by atoms with Crippen LogP contribution in [0.3, 0.4) is 0 Å². The van der Waals surface area contributed by atoms with E-state index in [2.05, 4.69) is 15.9 Å². The number of carboxylic acids is 1. The predicted octanol–water partition coefficient (Wildman–Crippen LogP) is 2.80. The van der Waals surface area contributed by atoms with Gasteiger partial charge in [0, 0.05) is 11.0 Å². The summed E-state index contributed by atoms with van der Waals surface area (Å²) < 4.78 is 0.939. The van der Waals surface area contributed by atoms with Gasteiger partial charge in [-0.15, -0.1) is 0 Å². The van der Waals surface area contributed by atoms with E-state index in [1.807, 2.05) is 31.2 Å². The van der Waals surface area contributed by atoms with Gasteiger partial charge in [0.25, 0.3) is 0 Å². The van der Waals surface area contributed by atoms with Crippen LogP contribution in [-0.4, -0.2) is 35.0 Å². The number of hydrogen-bond acceptors (Lipinski definition) is 2. The molecule has 1 aliphatic rings. The minimum Gasteiger partial charge on any atom is -0.480 e. The van der Waals surface area contributed by atoms with Crippen LogP contribution < -0.4 is 0 Å². The highest BCUT2D eigenvalue weighted by atomic mass is 79.9. The summed E-state index contributed by atoms with van der Waals surface area (Å²) >= 11 is 3.42. The monoisotopic (exact) mass is 339 g/mol. The highest BCUT2D eigenvalue weighted by Crippen LogP contribution is 2.50. The molecule has 1 amide bonds. The highest BCUT2D eigenvalue weighted by molar-refractivity contribution is 9.10. The van der Waals surface area contributed by atoms with Gasteiger partial charge in [0.2, 0.25) is 5.91 Å². The minimum absolute atomic E-state index is 0.0557. The zero-order valence-corrected chi connectivity index (χ0v) is 13.0. The minimum atomic E-state index is -0.961. The molecule has 0 spiro atoms. The van der Waals surface area contributed by atoms with Gasteiger partial charge in [-0.1, -0.05) is 35.0 Å². The highest BCUT2D eigenvalue weighted by Gasteiger charge is 2.53. The first-order chi connectivity index (χ1) is 9.49. The van der Waals surface area contributed by atoms with Gasteiger partial charge in [0.05, 0.1) is 5.41 Å². The van der Waals surface area contributed by atoms with E-state index in [0.717, 1.165) is 29.3 Å². The van der Waals surface area contributed by atoms with Crippen molar-refractivity contribution in [1.29, 1.82) is 0 Å². The Hall–Kier alpha value is -1.36. The van der Waals surface area contributed by atoms with Crippen LogP contribution in [0.1, 0.15) is 31.7 Å². The lowest BCUT2D eigenvalue weighted by Gasteiger charge is -2.26. The zero-order chi connectivity index (χ0) is 14.8. The molecule has 0 bridgehead atoms. The number of carboxylic acid groups (broad SMARTS) is 1. The van der Waals surface area contributed by atoms with Gasteiger partial charge in [0.15, 0.2) is 0 Å². The summed E-state index contributed by atoms with van der Waals surface area (Å²) in [5.41, 5.74) is 0.470. The molecule has 1 fully saturated rings. The fraction of sp³-hybridized carbons (Fsp3) is 0.467. The molecule has 0 unspecified atom stereocenters. The molecule has 0 aromatic heterocycles. The van der Waals surface area contributed by atoms with Gasteiger partial charge in [0.1, 0.15) is 6.54 Å². The second-order valence-electron chi connectivity index (χ2n) is 5.21.